The second-order valence-corrected chi connectivity index (χ2v) is 4.31. The fourth-order valence-electron chi connectivity index (χ4n) is 2.03. The van der Waals surface area contributed by atoms with Gasteiger partial charge in [-0.15, -0.1) is 0 Å². The van der Waals surface area contributed by atoms with Gasteiger partial charge in [-0.2, -0.15) is 0 Å². The number of phenols is 1. The Morgan fingerprint density at radius 1 is 1.42 bits per heavy atom. The number of nitrogens with zero attached hydrogens (tertiary/aromatic N) is 1. The fraction of sp³-hybridized carbons (Fsp3) is 0.231. The van der Waals surface area contributed by atoms with Gasteiger partial charge in [0, 0.05) is 12.0 Å². The molecular formula is C13H11FN2O3. The Kier molecular flexibility index (Phi) is 2.79. The molecule has 5 nitrogen and oxygen atoms in total. The number of aromatic hydroxyl groups is 1. The molecule has 0 aliphatic carbocycles. The lowest BCUT2D eigenvalue weighted by Crippen LogP contribution is -2.24. The Hall–Kier alpha value is -2.21. The molecule has 2 aromatic rings. The maximum atomic E-state index is 13.3. The summed E-state index contributed by atoms with van der Waals surface area (Å²) in [4.78, 5) is 18.8. The maximum absolute atomic E-state index is 13.3. The fourth-order valence-corrected chi connectivity index (χ4v) is 2.03. The van der Waals surface area contributed by atoms with E-state index in [2.05, 4.69) is 9.97 Å². The van der Waals surface area contributed by atoms with Crippen molar-refractivity contribution in [2.24, 2.45) is 0 Å². The molecule has 0 saturated carbocycles. The van der Waals surface area contributed by atoms with E-state index in [1.54, 1.807) is 0 Å². The first kappa shape index (κ1) is 11.9. The molecule has 0 unspecified atom stereocenters. The summed E-state index contributed by atoms with van der Waals surface area (Å²) in [6, 6.07) is 3.87. The van der Waals surface area contributed by atoms with Gasteiger partial charge in [0.25, 0.3) is 5.56 Å². The average Bonchev–Trinajstić information content (AvgIpc) is 2.42. The number of aromatic amines is 1. The molecule has 1 aliphatic heterocycles. The second kappa shape index (κ2) is 4.47. The minimum absolute atomic E-state index is 0.252. The van der Waals surface area contributed by atoms with Crippen LogP contribution in [-0.2, 0) is 17.8 Å². The van der Waals surface area contributed by atoms with Crippen molar-refractivity contribution in [2.45, 2.75) is 13.0 Å². The smallest absolute Gasteiger partial charge is 0.256 e. The third kappa shape index (κ3) is 2.10. The molecule has 0 saturated heterocycles. The first-order valence-electron chi connectivity index (χ1n) is 5.84. The Balaban J connectivity index is 2.12. The van der Waals surface area contributed by atoms with Crippen LogP contribution in [0.5, 0.6) is 5.75 Å². The summed E-state index contributed by atoms with van der Waals surface area (Å²) in [5.41, 5.74) is 1.35. The van der Waals surface area contributed by atoms with Gasteiger partial charge in [-0.05, 0) is 18.2 Å². The van der Waals surface area contributed by atoms with E-state index in [0.717, 1.165) is 6.07 Å². The predicted octanol–water partition coefficient (Wildman–Crippen LogP) is 1.35. The van der Waals surface area contributed by atoms with Crippen molar-refractivity contribution in [3.63, 3.8) is 0 Å². The predicted molar refractivity (Wildman–Crippen MR) is 65.3 cm³/mol. The zero-order valence-corrected chi connectivity index (χ0v) is 9.94. The lowest BCUT2D eigenvalue weighted by Gasteiger charge is -2.15. The quantitative estimate of drug-likeness (QED) is 0.813. The van der Waals surface area contributed by atoms with E-state index in [4.69, 9.17) is 9.84 Å². The highest BCUT2D eigenvalue weighted by Crippen LogP contribution is 2.22. The molecule has 2 N–H and O–H groups in total. The molecule has 0 amide bonds. The first-order chi connectivity index (χ1) is 9.15. The Morgan fingerprint density at radius 3 is 3.05 bits per heavy atom. The number of fused-ring (bicyclic) bond motifs is 1. The zero-order chi connectivity index (χ0) is 13.4. The average molecular weight is 262 g/mol. The van der Waals surface area contributed by atoms with Gasteiger partial charge < -0.3 is 14.8 Å². The van der Waals surface area contributed by atoms with Crippen LogP contribution in [0, 0.1) is 5.82 Å². The summed E-state index contributed by atoms with van der Waals surface area (Å²) in [6.07, 6.45) is 0.562. The lowest BCUT2D eigenvalue weighted by atomic mass is 10.1. The number of ether oxygens (including phenoxy) is 1. The third-order valence-electron chi connectivity index (χ3n) is 3.05. The number of hydrogen-bond acceptors (Lipinski definition) is 4. The molecule has 0 spiro atoms. The van der Waals surface area contributed by atoms with E-state index < -0.39 is 11.6 Å². The molecular weight excluding hydrogens is 251 g/mol. The van der Waals surface area contributed by atoms with E-state index >= 15 is 0 Å². The number of nitrogens with one attached hydrogen (secondary N) is 1. The van der Waals surface area contributed by atoms with Gasteiger partial charge in [0.2, 0.25) is 0 Å². The molecule has 6 heteroatoms. The molecule has 2 heterocycles. The van der Waals surface area contributed by atoms with Crippen molar-refractivity contribution in [1.29, 1.82) is 0 Å². The molecule has 0 bridgehead atoms. The first-order valence-corrected chi connectivity index (χ1v) is 5.84. The van der Waals surface area contributed by atoms with Crippen LogP contribution in [0.3, 0.4) is 0 Å². The molecule has 0 fully saturated rings. The number of halogens is 1. The summed E-state index contributed by atoms with van der Waals surface area (Å²) < 4.78 is 18.5. The molecule has 19 heavy (non-hydrogen) atoms. The third-order valence-corrected chi connectivity index (χ3v) is 3.05. The normalized spacial score (nSPS) is 14.2. The molecule has 1 aromatic carbocycles. The lowest BCUT2D eigenvalue weighted by molar-refractivity contribution is 0.108. The Bertz CT molecular complexity index is 697. The van der Waals surface area contributed by atoms with Crippen molar-refractivity contribution in [3.05, 3.63) is 45.6 Å². The van der Waals surface area contributed by atoms with Crippen LogP contribution >= 0.6 is 0 Å². The van der Waals surface area contributed by atoms with E-state index in [0.29, 0.717) is 35.7 Å². The van der Waals surface area contributed by atoms with E-state index in [1.165, 1.54) is 12.1 Å². The molecule has 0 atom stereocenters. The maximum Gasteiger partial charge on any atom is 0.256 e. The highest BCUT2D eigenvalue weighted by molar-refractivity contribution is 5.56. The summed E-state index contributed by atoms with van der Waals surface area (Å²) in [5.74, 6) is -0.886. The van der Waals surface area contributed by atoms with Crippen LogP contribution in [0.1, 0.15) is 11.3 Å². The number of benzene rings is 1. The van der Waals surface area contributed by atoms with Crippen LogP contribution in [0.2, 0.25) is 0 Å². The zero-order valence-electron chi connectivity index (χ0n) is 9.94. The van der Waals surface area contributed by atoms with Gasteiger partial charge in [-0.1, -0.05) is 0 Å². The van der Waals surface area contributed by atoms with Gasteiger partial charge in [-0.25, -0.2) is 9.37 Å². The van der Waals surface area contributed by atoms with Crippen LogP contribution in [0.4, 0.5) is 4.39 Å². The molecule has 1 aliphatic rings. The SMILES string of the molecule is O=c1[nH]c(-c2ccc(O)c(F)c2)nc2c1COCC2. The summed E-state index contributed by atoms with van der Waals surface area (Å²) in [6.45, 7) is 0.773. The molecule has 1 aromatic heterocycles. The van der Waals surface area contributed by atoms with Gasteiger partial charge in [-0.3, -0.25) is 4.79 Å². The van der Waals surface area contributed by atoms with Gasteiger partial charge in [0.15, 0.2) is 11.6 Å². The van der Waals surface area contributed by atoms with E-state index in [-0.39, 0.29) is 12.2 Å². The molecule has 3 rings (SSSR count). The van der Waals surface area contributed by atoms with Crippen LogP contribution in [0.15, 0.2) is 23.0 Å². The summed E-state index contributed by atoms with van der Waals surface area (Å²) >= 11 is 0. The van der Waals surface area contributed by atoms with Crippen LogP contribution in [-0.4, -0.2) is 21.7 Å². The number of H-pyrrole nitrogens is 1. The number of phenolic OH excluding ortho intramolecular Hbond substituents is 1. The second-order valence-electron chi connectivity index (χ2n) is 4.31. The van der Waals surface area contributed by atoms with Crippen molar-refractivity contribution >= 4 is 0 Å². The number of aromatic nitrogens is 2. The van der Waals surface area contributed by atoms with Crippen molar-refractivity contribution < 1.29 is 14.2 Å². The standard InChI is InChI=1S/C13H11FN2O3/c14-9-5-7(1-2-11(9)17)12-15-10-3-4-19-6-8(10)13(18)16-12/h1-2,5,17H,3-4,6H2,(H,15,16,18). The largest absolute Gasteiger partial charge is 0.505 e. The van der Waals surface area contributed by atoms with E-state index in [1.807, 2.05) is 0 Å². The summed E-state index contributed by atoms with van der Waals surface area (Å²) in [7, 11) is 0. The minimum atomic E-state index is -0.749. The monoisotopic (exact) mass is 262 g/mol. The van der Waals surface area contributed by atoms with Crippen molar-refractivity contribution in [3.8, 4) is 17.1 Å². The number of rotatable bonds is 1. The van der Waals surface area contributed by atoms with Crippen molar-refractivity contribution in [1.82, 2.24) is 9.97 Å². The Morgan fingerprint density at radius 2 is 2.26 bits per heavy atom. The van der Waals surface area contributed by atoms with Crippen LogP contribution < -0.4 is 5.56 Å². The molecule has 98 valence electrons. The van der Waals surface area contributed by atoms with E-state index in [9.17, 15) is 9.18 Å². The summed E-state index contributed by atoms with van der Waals surface area (Å²) in [5, 5.41) is 9.15. The van der Waals surface area contributed by atoms with Crippen LogP contribution in [0.25, 0.3) is 11.4 Å². The highest BCUT2D eigenvalue weighted by atomic mass is 19.1. The molecule has 0 radical (unpaired) electrons. The van der Waals surface area contributed by atoms with Gasteiger partial charge in [0.05, 0.1) is 24.5 Å². The van der Waals surface area contributed by atoms with Crippen molar-refractivity contribution in [2.75, 3.05) is 6.61 Å². The topological polar surface area (TPSA) is 75.2 Å². The van der Waals surface area contributed by atoms with Gasteiger partial charge in [0.1, 0.15) is 5.82 Å². The minimum Gasteiger partial charge on any atom is -0.505 e. The van der Waals surface area contributed by atoms with Gasteiger partial charge >= 0.3 is 0 Å². The Labute approximate surface area is 107 Å². The highest BCUT2D eigenvalue weighted by Gasteiger charge is 2.17. The number of hydrogen-bond donors (Lipinski definition) is 2.